The van der Waals surface area contributed by atoms with Gasteiger partial charge in [-0.15, -0.1) is 0 Å². The Hall–Kier alpha value is -1.51. The molecule has 0 aromatic heterocycles. The van der Waals surface area contributed by atoms with Gasteiger partial charge in [0.15, 0.2) is 5.60 Å². The molecule has 8 heteroatoms. The van der Waals surface area contributed by atoms with Gasteiger partial charge in [0.25, 0.3) is 10.0 Å². The van der Waals surface area contributed by atoms with Gasteiger partial charge in [-0.1, -0.05) is 4.89 Å². The molecule has 2 N–H and O–H groups in total. The molecule has 20 heavy (non-hydrogen) atoms. The van der Waals surface area contributed by atoms with Gasteiger partial charge in [0.1, 0.15) is 5.82 Å². The Kier molecular flexibility index (Phi) is 4.52. The fraction of sp³-hybridized carbons (Fsp3) is 0.417. The van der Waals surface area contributed by atoms with Crippen LogP contribution in [0.3, 0.4) is 0 Å². The maximum absolute atomic E-state index is 13.5. The van der Waals surface area contributed by atoms with Gasteiger partial charge in [-0.25, -0.2) is 17.6 Å². The van der Waals surface area contributed by atoms with Crippen molar-refractivity contribution < 1.29 is 27.5 Å². The van der Waals surface area contributed by atoms with E-state index in [1.54, 1.807) is 4.89 Å². The molecule has 0 heterocycles. The summed E-state index contributed by atoms with van der Waals surface area (Å²) in [5.74, 6) is -1.82. The Bertz CT molecular complexity index is 616. The predicted molar refractivity (Wildman–Crippen MR) is 69.0 cm³/mol. The quantitative estimate of drug-likeness (QED) is 0.805. The van der Waals surface area contributed by atoms with E-state index in [-0.39, 0.29) is 16.0 Å². The van der Waals surface area contributed by atoms with Crippen LogP contribution in [-0.2, 0) is 19.7 Å². The summed E-state index contributed by atoms with van der Waals surface area (Å²) in [6, 6.07) is 2.28. The second kappa shape index (κ2) is 5.47. The van der Waals surface area contributed by atoms with Crippen molar-refractivity contribution in [3.8, 4) is 0 Å². The van der Waals surface area contributed by atoms with Crippen LogP contribution in [0.4, 0.5) is 4.39 Å². The Labute approximate surface area is 116 Å². The maximum atomic E-state index is 13.5. The SMILES string of the molecule is Cc1cc(S(=O)(=O)NOC(C)(C)C(=O)O)cc(C)c1F. The molecule has 0 amide bonds. The third-order valence-corrected chi connectivity index (χ3v) is 3.80. The highest BCUT2D eigenvalue weighted by molar-refractivity contribution is 7.89. The van der Waals surface area contributed by atoms with Crippen molar-refractivity contribution in [3.63, 3.8) is 0 Å². The average molecular weight is 305 g/mol. The standard InChI is InChI=1S/C12H16FNO5S/c1-7-5-9(6-8(2)10(7)13)20(17,18)14-19-12(3,4)11(15)16/h5-6,14H,1-4H3,(H,15,16). The van der Waals surface area contributed by atoms with Gasteiger partial charge in [-0.2, -0.15) is 0 Å². The summed E-state index contributed by atoms with van der Waals surface area (Å²) >= 11 is 0. The molecular formula is C12H16FNO5S. The first-order valence-electron chi connectivity index (χ1n) is 5.67. The van der Waals surface area contributed by atoms with Crippen LogP contribution in [0.1, 0.15) is 25.0 Å². The molecule has 0 aliphatic heterocycles. The maximum Gasteiger partial charge on any atom is 0.337 e. The van der Waals surface area contributed by atoms with Crippen molar-refractivity contribution in [2.45, 2.75) is 38.2 Å². The van der Waals surface area contributed by atoms with Crippen LogP contribution < -0.4 is 4.89 Å². The van der Waals surface area contributed by atoms with Crippen molar-refractivity contribution in [1.29, 1.82) is 0 Å². The second-order valence-corrected chi connectivity index (χ2v) is 6.52. The number of carboxylic acid groups (broad SMARTS) is 1. The minimum absolute atomic E-state index is 0.169. The first kappa shape index (κ1) is 16.5. The number of halogens is 1. The second-order valence-electron chi connectivity index (χ2n) is 4.88. The van der Waals surface area contributed by atoms with Gasteiger partial charge in [-0.05, 0) is 51.0 Å². The third kappa shape index (κ3) is 3.53. The number of sulfonamides is 1. The summed E-state index contributed by atoms with van der Waals surface area (Å²) < 4.78 is 37.4. The summed E-state index contributed by atoms with van der Waals surface area (Å²) in [6.45, 7) is 5.25. The van der Waals surface area contributed by atoms with Gasteiger partial charge in [-0.3, -0.25) is 4.84 Å². The number of aryl methyl sites for hydroxylation is 2. The van der Waals surface area contributed by atoms with Crippen molar-refractivity contribution in [2.75, 3.05) is 0 Å². The highest BCUT2D eigenvalue weighted by atomic mass is 32.2. The monoisotopic (exact) mass is 305 g/mol. The highest BCUT2D eigenvalue weighted by Gasteiger charge is 2.31. The van der Waals surface area contributed by atoms with E-state index >= 15 is 0 Å². The molecule has 0 aliphatic carbocycles. The van der Waals surface area contributed by atoms with Crippen LogP contribution >= 0.6 is 0 Å². The molecule has 6 nitrogen and oxygen atoms in total. The van der Waals surface area contributed by atoms with E-state index in [0.29, 0.717) is 0 Å². The number of nitrogens with one attached hydrogen (secondary N) is 1. The largest absolute Gasteiger partial charge is 0.479 e. The summed E-state index contributed by atoms with van der Waals surface area (Å²) in [7, 11) is -4.09. The lowest BCUT2D eigenvalue weighted by Gasteiger charge is -2.19. The molecule has 0 spiro atoms. The molecule has 0 unspecified atom stereocenters. The molecular weight excluding hydrogens is 289 g/mol. The number of hydrogen-bond acceptors (Lipinski definition) is 4. The van der Waals surface area contributed by atoms with Crippen LogP contribution in [0.15, 0.2) is 17.0 Å². The Balaban J connectivity index is 3.04. The fourth-order valence-corrected chi connectivity index (χ4v) is 2.39. The van der Waals surface area contributed by atoms with Crippen LogP contribution in [-0.4, -0.2) is 25.1 Å². The number of benzene rings is 1. The number of hydrogen-bond donors (Lipinski definition) is 2. The van der Waals surface area contributed by atoms with Gasteiger partial charge in [0.2, 0.25) is 0 Å². The molecule has 0 fully saturated rings. The lowest BCUT2D eigenvalue weighted by molar-refractivity contribution is -0.165. The minimum atomic E-state index is -4.09. The normalized spacial score (nSPS) is 12.4. The van der Waals surface area contributed by atoms with Crippen molar-refractivity contribution in [2.24, 2.45) is 0 Å². The lowest BCUT2D eigenvalue weighted by atomic mass is 10.1. The zero-order chi connectivity index (χ0) is 15.7. The molecule has 112 valence electrons. The Morgan fingerprint density at radius 3 is 2.15 bits per heavy atom. The number of carbonyl (C=O) groups is 1. The number of rotatable bonds is 5. The molecule has 0 bridgehead atoms. The van der Waals surface area contributed by atoms with E-state index in [2.05, 4.69) is 4.84 Å². The van der Waals surface area contributed by atoms with Crippen LogP contribution in [0.25, 0.3) is 0 Å². The summed E-state index contributed by atoms with van der Waals surface area (Å²) in [4.78, 5) is 17.0. The molecule has 0 saturated carbocycles. The highest BCUT2D eigenvalue weighted by Crippen LogP contribution is 2.19. The summed E-state index contributed by atoms with van der Waals surface area (Å²) in [5.41, 5.74) is -1.39. The van der Waals surface area contributed by atoms with Gasteiger partial charge >= 0.3 is 5.97 Å². The smallest absolute Gasteiger partial charge is 0.337 e. The van der Waals surface area contributed by atoms with Crippen LogP contribution in [0, 0.1) is 19.7 Å². The average Bonchev–Trinajstić information content (AvgIpc) is 2.33. The van der Waals surface area contributed by atoms with Gasteiger partial charge < -0.3 is 5.11 Å². The molecule has 1 rings (SSSR count). The van der Waals surface area contributed by atoms with E-state index in [4.69, 9.17) is 5.11 Å². The van der Waals surface area contributed by atoms with E-state index in [0.717, 1.165) is 12.1 Å². The third-order valence-electron chi connectivity index (χ3n) is 2.64. The van der Waals surface area contributed by atoms with Crippen molar-refractivity contribution in [1.82, 2.24) is 4.89 Å². The number of carboxylic acids is 1. The molecule has 0 aliphatic rings. The number of aliphatic carboxylic acids is 1. The van der Waals surface area contributed by atoms with E-state index in [1.165, 1.54) is 27.7 Å². The molecule has 1 aromatic carbocycles. The van der Waals surface area contributed by atoms with E-state index in [1.807, 2.05) is 0 Å². The topological polar surface area (TPSA) is 92.7 Å². The minimum Gasteiger partial charge on any atom is -0.479 e. The predicted octanol–water partition coefficient (Wildman–Crippen LogP) is 1.52. The Morgan fingerprint density at radius 2 is 1.75 bits per heavy atom. The Morgan fingerprint density at radius 1 is 1.30 bits per heavy atom. The van der Waals surface area contributed by atoms with Gasteiger partial charge in [0, 0.05) is 0 Å². The summed E-state index contributed by atoms with van der Waals surface area (Å²) in [5, 5.41) is 8.82. The van der Waals surface area contributed by atoms with Crippen molar-refractivity contribution >= 4 is 16.0 Å². The van der Waals surface area contributed by atoms with Crippen LogP contribution in [0.2, 0.25) is 0 Å². The van der Waals surface area contributed by atoms with Gasteiger partial charge in [0.05, 0.1) is 4.90 Å². The summed E-state index contributed by atoms with van der Waals surface area (Å²) in [6.07, 6.45) is 0. The first-order valence-corrected chi connectivity index (χ1v) is 7.15. The first-order chi connectivity index (χ1) is 8.97. The fourth-order valence-electron chi connectivity index (χ4n) is 1.31. The lowest BCUT2D eigenvalue weighted by Crippen LogP contribution is -2.41. The molecule has 0 saturated heterocycles. The van der Waals surface area contributed by atoms with E-state index in [9.17, 15) is 17.6 Å². The molecule has 1 aromatic rings. The molecule has 0 radical (unpaired) electrons. The zero-order valence-corrected chi connectivity index (χ0v) is 12.3. The van der Waals surface area contributed by atoms with E-state index < -0.39 is 27.4 Å². The zero-order valence-electron chi connectivity index (χ0n) is 11.5. The van der Waals surface area contributed by atoms with Crippen LogP contribution in [0.5, 0.6) is 0 Å². The molecule has 0 atom stereocenters. The van der Waals surface area contributed by atoms with Crippen molar-refractivity contribution in [3.05, 3.63) is 29.1 Å².